The fourth-order valence-electron chi connectivity index (χ4n) is 6.20. The Morgan fingerprint density at radius 2 is 1.69 bits per heavy atom. The average molecular weight is 669 g/mol. The summed E-state index contributed by atoms with van der Waals surface area (Å²) in [6.45, 7) is 17.3. The Morgan fingerprint density at radius 3 is 2.27 bits per heavy atom. The third-order valence-electron chi connectivity index (χ3n) is 8.73. The average Bonchev–Trinajstić information content (AvgIpc) is 3.67. The SMILES string of the molecule is CCN(C(=O)c1cnc(N2CC(NC(=O)OC(C)(C)C)C(c3cc(C)c(F)cc3F)C2)nc1)C1CCN(c2nc(C(C)(C)C)no2)CC1. The zero-order chi connectivity index (χ0) is 35.0. The molecule has 1 N–H and O–H groups in total. The van der Waals surface area contributed by atoms with Gasteiger partial charge in [0.1, 0.15) is 17.2 Å². The van der Waals surface area contributed by atoms with E-state index < -0.39 is 35.3 Å². The van der Waals surface area contributed by atoms with Crippen molar-refractivity contribution in [2.24, 2.45) is 0 Å². The lowest BCUT2D eigenvalue weighted by atomic mass is 9.92. The predicted octanol–water partition coefficient (Wildman–Crippen LogP) is 5.37. The fourth-order valence-corrected chi connectivity index (χ4v) is 6.20. The molecule has 2 aliphatic heterocycles. The first-order valence-corrected chi connectivity index (χ1v) is 16.5. The molecule has 2 unspecified atom stereocenters. The number of nitrogens with zero attached hydrogens (tertiary/aromatic N) is 7. The normalized spacial score (nSPS) is 19.0. The molecule has 2 saturated heterocycles. The van der Waals surface area contributed by atoms with Crippen molar-refractivity contribution in [3.8, 4) is 0 Å². The van der Waals surface area contributed by atoms with Crippen molar-refractivity contribution in [1.29, 1.82) is 0 Å². The number of rotatable bonds is 7. The Labute approximate surface area is 280 Å². The first-order valence-electron chi connectivity index (χ1n) is 16.5. The summed E-state index contributed by atoms with van der Waals surface area (Å²) < 4.78 is 40.1. The molecule has 0 aliphatic carbocycles. The molecule has 260 valence electrons. The molecule has 0 saturated carbocycles. The Morgan fingerprint density at radius 1 is 1.02 bits per heavy atom. The minimum atomic E-state index is -0.727. The largest absolute Gasteiger partial charge is 0.444 e. The van der Waals surface area contributed by atoms with E-state index in [1.54, 1.807) is 27.7 Å². The second kappa shape index (κ2) is 13.6. The Bertz CT molecular complexity index is 1610. The molecule has 2 fully saturated rings. The summed E-state index contributed by atoms with van der Waals surface area (Å²) in [6.07, 6.45) is 3.85. The molecule has 0 spiro atoms. The number of piperidine rings is 1. The van der Waals surface area contributed by atoms with Crippen LogP contribution in [0.1, 0.15) is 94.5 Å². The number of aromatic nitrogens is 4. The molecule has 14 heteroatoms. The van der Waals surface area contributed by atoms with Crippen molar-refractivity contribution in [3.05, 3.63) is 58.7 Å². The lowest BCUT2D eigenvalue weighted by Crippen LogP contribution is -2.47. The standard InChI is InChI=1S/C34H46F2N8O4/c1-9-44(22-10-12-42(13-11-22)31-40-29(41-48-31)33(3,4)5)28(45)21-16-37-30(38-17-21)43-18-24(23-14-20(2)25(35)15-26(23)36)27(19-43)39-32(46)47-34(6,7)8/h14-17,22,24,27H,9-13,18-19H2,1-8H3,(H,39,46). The molecular formula is C34H46F2N8O4. The molecule has 5 rings (SSSR count). The molecule has 2 aliphatic rings. The van der Waals surface area contributed by atoms with Gasteiger partial charge >= 0.3 is 12.1 Å². The van der Waals surface area contributed by atoms with Gasteiger partial charge in [0.25, 0.3) is 5.91 Å². The van der Waals surface area contributed by atoms with Crippen molar-refractivity contribution < 1.29 is 27.6 Å². The number of benzene rings is 1. The van der Waals surface area contributed by atoms with E-state index in [0.717, 1.165) is 18.9 Å². The van der Waals surface area contributed by atoms with Gasteiger partial charge in [-0.3, -0.25) is 4.79 Å². The lowest BCUT2D eigenvalue weighted by Gasteiger charge is -2.37. The maximum Gasteiger partial charge on any atom is 0.407 e. The highest BCUT2D eigenvalue weighted by atomic mass is 19.1. The summed E-state index contributed by atoms with van der Waals surface area (Å²) in [5.74, 6) is -1.04. The van der Waals surface area contributed by atoms with Crippen LogP contribution >= 0.6 is 0 Å². The number of hydrogen-bond donors (Lipinski definition) is 1. The highest BCUT2D eigenvalue weighted by molar-refractivity contribution is 5.94. The van der Waals surface area contributed by atoms with Gasteiger partial charge in [0.15, 0.2) is 5.82 Å². The predicted molar refractivity (Wildman–Crippen MR) is 176 cm³/mol. The topological polar surface area (TPSA) is 130 Å². The summed E-state index contributed by atoms with van der Waals surface area (Å²) in [5, 5.41) is 6.99. The van der Waals surface area contributed by atoms with E-state index in [-0.39, 0.29) is 36.0 Å². The van der Waals surface area contributed by atoms with Gasteiger partial charge in [-0.15, -0.1) is 0 Å². The number of carbonyl (C=O) groups is 2. The van der Waals surface area contributed by atoms with Crippen molar-refractivity contribution in [1.82, 2.24) is 30.3 Å². The number of alkyl carbamates (subject to hydrolysis) is 1. The van der Waals surface area contributed by atoms with E-state index in [1.165, 1.54) is 18.5 Å². The van der Waals surface area contributed by atoms with Crippen LogP contribution in [-0.2, 0) is 10.2 Å². The number of aryl methyl sites for hydroxylation is 1. The second-order valence-electron chi connectivity index (χ2n) is 14.6. The van der Waals surface area contributed by atoms with Crippen LogP contribution in [-0.4, -0.2) is 87.4 Å². The smallest absolute Gasteiger partial charge is 0.407 e. The van der Waals surface area contributed by atoms with Gasteiger partial charge in [-0.1, -0.05) is 25.9 Å². The van der Waals surface area contributed by atoms with Crippen LogP contribution in [0.4, 0.5) is 25.5 Å². The molecule has 2 aromatic heterocycles. The number of carbonyl (C=O) groups excluding carboxylic acids is 2. The number of halogens is 2. The molecular weight excluding hydrogens is 622 g/mol. The fraction of sp³-hybridized carbons (Fsp3) is 0.588. The maximum absolute atomic E-state index is 15.1. The van der Waals surface area contributed by atoms with Gasteiger partial charge in [-0.05, 0) is 64.7 Å². The molecule has 0 radical (unpaired) electrons. The number of amides is 2. The molecule has 1 aromatic carbocycles. The minimum absolute atomic E-state index is 0.0246. The van der Waals surface area contributed by atoms with Gasteiger partial charge in [0, 0.05) is 68.6 Å². The monoisotopic (exact) mass is 668 g/mol. The van der Waals surface area contributed by atoms with Gasteiger partial charge in [0.2, 0.25) is 5.95 Å². The molecule has 2 atom stereocenters. The number of hydrogen-bond acceptors (Lipinski definition) is 10. The second-order valence-corrected chi connectivity index (χ2v) is 14.6. The number of ether oxygens (including phenoxy) is 1. The van der Waals surface area contributed by atoms with Crippen LogP contribution in [0.15, 0.2) is 29.0 Å². The zero-order valence-electron chi connectivity index (χ0n) is 29.0. The number of anilines is 2. The molecule has 3 aromatic rings. The molecule has 12 nitrogen and oxygen atoms in total. The van der Waals surface area contributed by atoms with Crippen LogP contribution in [0.25, 0.3) is 0 Å². The number of nitrogens with one attached hydrogen (secondary N) is 1. The maximum atomic E-state index is 15.1. The van der Waals surface area contributed by atoms with Gasteiger partial charge in [-0.2, -0.15) is 4.98 Å². The molecule has 4 heterocycles. The van der Waals surface area contributed by atoms with Crippen LogP contribution < -0.4 is 15.1 Å². The molecule has 2 amide bonds. The summed E-state index contributed by atoms with van der Waals surface area (Å²) in [6, 6.07) is 2.29. The lowest BCUT2D eigenvalue weighted by molar-refractivity contribution is 0.0504. The van der Waals surface area contributed by atoms with Gasteiger partial charge in [-0.25, -0.2) is 23.5 Å². The van der Waals surface area contributed by atoms with E-state index in [9.17, 15) is 14.0 Å². The highest BCUT2D eigenvalue weighted by Gasteiger charge is 2.39. The Hall–Kier alpha value is -4.36. The van der Waals surface area contributed by atoms with Crippen LogP contribution in [0.2, 0.25) is 0 Å². The molecule has 48 heavy (non-hydrogen) atoms. The first-order chi connectivity index (χ1) is 22.5. The van der Waals surface area contributed by atoms with E-state index in [1.807, 2.05) is 37.5 Å². The summed E-state index contributed by atoms with van der Waals surface area (Å²) >= 11 is 0. The Kier molecular flexibility index (Phi) is 9.93. The summed E-state index contributed by atoms with van der Waals surface area (Å²) in [7, 11) is 0. The van der Waals surface area contributed by atoms with E-state index in [4.69, 9.17) is 9.26 Å². The summed E-state index contributed by atoms with van der Waals surface area (Å²) in [5.41, 5.74) is -0.000629. The van der Waals surface area contributed by atoms with Crippen LogP contribution in [0, 0.1) is 18.6 Å². The third-order valence-corrected chi connectivity index (χ3v) is 8.73. The van der Waals surface area contributed by atoms with Crippen LogP contribution in [0.3, 0.4) is 0 Å². The first kappa shape index (κ1) is 35.0. The third kappa shape index (κ3) is 7.84. The highest BCUT2D eigenvalue weighted by Crippen LogP contribution is 2.33. The minimum Gasteiger partial charge on any atom is -0.444 e. The zero-order valence-corrected chi connectivity index (χ0v) is 29.0. The molecule has 0 bridgehead atoms. The summed E-state index contributed by atoms with van der Waals surface area (Å²) in [4.78, 5) is 45.7. The van der Waals surface area contributed by atoms with Gasteiger partial charge in [0.05, 0.1) is 11.6 Å². The van der Waals surface area contributed by atoms with Crippen LogP contribution in [0.5, 0.6) is 0 Å². The Balaban J connectivity index is 1.27. The van der Waals surface area contributed by atoms with Crippen molar-refractivity contribution in [3.63, 3.8) is 0 Å². The van der Waals surface area contributed by atoms with Crippen molar-refractivity contribution in [2.45, 2.75) is 97.2 Å². The van der Waals surface area contributed by atoms with E-state index >= 15 is 4.39 Å². The van der Waals surface area contributed by atoms with Crippen molar-refractivity contribution >= 4 is 24.0 Å². The van der Waals surface area contributed by atoms with E-state index in [0.29, 0.717) is 48.5 Å². The van der Waals surface area contributed by atoms with Crippen molar-refractivity contribution in [2.75, 3.05) is 42.5 Å². The van der Waals surface area contributed by atoms with Gasteiger partial charge < -0.3 is 29.3 Å². The quantitative estimate of drug-likeness (QED) is 0.351. The van der Waals surface area contributed by atoms with E-state index in [2.05, 4.69) is 30.3 Å².